The lowest BCUT2D eigenvalue weighted by atomic mass is 9.58. The van der Waals surface area contributed by atoms with Crippen LogP contribution in [0.25, 0.3) is 0 Å². The number of hydrogen-bond donors (Lipinski definition) is 2. The summed E-state index contributed by atoms with van der Waals surface area (Å²) >= 11 is 0. The van der Waals surface area contributed by atoms with Gasteiger partial charge in [0.1, 0.15) is 5.82 Å². The molecule has 2 aromatic rings. The van der Waals surface area contributed by atoms with Gasteiger partial charge in [-0.2, -0.15) is 4.98 Å². The number of allylic oxidation sites excluding steroid dienone is 3. The highest BCUT2D eigenvalue weighted by atomic mass is 32.2. The number of aliphatic hydroxyl groups is 1. The molecule has 0 radical (unpaired) electrons. The number of nitrogens with one attached hydrogen (secondary N) is 1. The first-order valence-electron chi connectivity index (χ1n) is 13.2. The quantitative estimate of drug-likeness (QED) is 0.303. The lowest BCUT2D eigenvalue weighted by Gasteiger charge is -2.47. The van der Waals surface area contributed by atoms with Crippen LogP contribution >= 0.6 is 0 Å². The van der Waals surface area contributed by atoms with E-state index in [2.05, 4.69) is 49.3 Å². The van der Waals surface area contributed by atoms with Crippen LogP contribution in [0.15, 0.2) is 47.4 Å². The van der Waals surface area contributed by atoms with Crippen molar-refractivity contribution in [3.05, 3.63) is 53.2 Å². The number of aryl methyl sites for hydroxylation is 1. The molecule has 10 heteroatoms. The van der Waals surface area contributed by atoms with Gasteiger partial charge in [-0.25, -0.2) is 13.4 Å². The SMILES string of the molecule is COc1ccccc1Oc1c(NS(=O)(=O)C2=CCC(C(C)C)(C(C)(C)C)C=C2)nc(C)nc1OCCCCO. The number of benzene rings is 1. The second-order valence-electron chi connectivity index (χ2n) is 11.0. The molecule has 3 rings (SSSR count). The Balaban J connectivity index is 2.00. The molecule has 0 bridgehead atoms. The van der Waals surface area contributed by atoms with Crippen LogP contribution in [-0.2, 0) is 10.0 Å². The smallest absolute Gasteiger partial charge is 0.263 e. The Morgan fingerprint density at radius 3 is 2.38 bits per heavy atom. The Morgan fingerprint density at radius 2 is 1.82 bits per heavy atom. The van der Waals surface area contributed by atoms with Gasteiger partial charge in [-0.1, -0.05) is 58.9 Å². The maximum absolute atomic E-state index is 13.6. The zero-order valence-corrected chi connectivity index (χ0v) is 24.8. The number of hydrogen-bond acceptors (Lipinski definition) is 8. The number of ether oxygens (including phenoxy) is 3. The molecule has 1 unspecified atom stereocenters. The minimum absolute atomic E-state index is 0.0179. The molecule has 0 aliphatic heterocycles. The van der Waals surface area contributed by atoms with Gasteiger partial charge in [-0.15, -0.1) is 0 Å². The normalized spacial score (nSPS) is 17.6. The molecule has 1 heterocycles. The van der Waals surface area contributed by atoms with Crippen LogP contribution in [0, 0.1) is 23.7 Å². The molecule has 0 amide bonds. The number of sulfonamides is 1. The third-order valence-electron chi connectivity index (χ3n) is 7.17. The van der Waals surface area contributed by atoms with Crippen LogP contribution in [0.5, 0.6) is 23.1 Å². The van der Waals surface area contributed by atoms with E-state index in [-0.39, 0.29) is 46.4 Å². The van der Waals surface area contributed by atoms with Gasteiger partial charge < -0.3 is 19.3 Å². The minimum atomic E-state index is -4.02. The molecule has 1 aromatic carbocycles. The summed E-state index contributed by atoms with van der Waals surface area (Å²) in [5, 5.41) is 9.11. The number of unbranched alkanes of at least 4 members (excludes halogenated alkanes) is 1. The molecule has 39 heavy (non-hydrogen) atoms. The summed E-state index contributed by atoms with van der Waals surface area (Å²) in [5.41, 5.74) is -0.232. The molecule has 1 atom stereocenters. The Labute approximate surface area is 232 Å². The van der Waals surface area contributed by atoms with E-state index in [1.807, 2.05) is 6.08 Å². The van der Waals surface area contributed by atoms with Crippen molar-refractivity contribution in [3.8, 4) is 23.1 Å². The molecular formula is C29H41N3O6S. The number of aliphatic hydroxyl groups excluding tert-OH is 1. The maximum atomic E-state index is 13.6. The van der Waals surface area contributed by atoms with E-state index in [0.717, 1.165) is 0 Å². The second-order valence-corrected chi connectivity index (χ2v) is 12.7. The molecule has 1 aromatic heterocycles. The first-order valence-corrected chi connectivity index (χ1v) is 14.7. The van der Waals surface area contributed by atoms with Crippen LogP contribution in [0.2, 0.25) is 0 Å². The van der Waals surface area contributed by atoms with E-state index in [1.54, 1.807) is 43.3 Å². The zero-order valence-electron chi connectivity index (χ0n) is 23.9. The van der Waals surface area contributed by atoms with Crippen molar-refractivity contribution in [2.24, 2.45) is 16.7 Å². The number of aromatic nitrogens is 2. The topological polar surface area (TPSA) is 120 Å². The third kappa shape index (κ3) is 6.91. The van der Waals surface area contributed by atoms with Crippen molar-refractivity contribution in [1.29, 1.82) is 0 Å². The predicted molar refractivity (Wildman–Crippen MR) is 153 cm³/mol. The van der Waals surface area contributed by atoms with Gasteiger partial charge in [0, 0.05) is 6.61 Å². The summed E-state index contributed by atoms with van der Waals surface area (Å²) in [7, 11) is -2.50. The maximum Gasteiger partial charge on any atom is 0.263 e. The van der Waals surface area contributed by atoms with Gasteiger partial charge in [0.25, 0.3) is 15.9 Å². The Hall–Kier alpha value is -3.11. The van der Waals surface area contributed by atoms with Gasteiger partial charge >= 0.3 is 0 Å². The predicted octanol–water partition coefficient (Wildman–Crippen LogP) is 6.01. The fourth-order valence-electron chi connectivity index (χ4n) is 4.86. The zero-order chi connectivity index (χ0) is 28.8. The minimum Gasteiger partial charge on any atom is -0.493 e. The van der Waals surface area contributed by atoms with Crippen LogP contribution in [0.1, 0.15) is 59.7 Å². The standard InChI is InChI=1S/C29H41N3O6S/c1-20(2)29(28(4,5)6)16-14-22(15-17-29)39(34,35)32-26-25(38-24-13-9-8-12-23(24)36-7)27(31-21(3)30-26)37-19-11-10-18-33/h8-9,12-16,20,33H,10-11,17-19H2,1-7H3,(H,30,31,32). The average molecular weight is 560 g/mol. The van der Waals surface area contributed by atoms with E-state index in [4.69, 9.17) is 19.3 Å². The van der Waals surface area contributed by atoms with Crippen molar-refractivity contribution >= 4 is 15.8 Å². The summed E-state index contributed by atoms with van der Waals surface area (Å²) in [4.78, 5) is 8.89. The highest BCUT2D eigenvalue weighted by Gasteiger charge is 2.43. The van der Waals surface area contributed by atoms with E-state index in [9.17, 15) is 8.42 Å². The number of rotatable bonds is 12. The Morgan fingerprint density at radius 1 is 1.13 bits per heavy atom. The Kier molecular flexibility index (Phi) is 9.66. The first kappa shape index (κ1) is 30.4. The number of para-hydroxylation sites is 2. The van der Waals surface area contributed by atoms with Crippen LogP contribution in [0.4, 0.5) is 5.82 Å². The highest BCUT2D eigenvalue weighted by molar-refractivity contribution is 7.96. The van der Waals surface area contributed by atoms with E-state index in [0.29, 0.717) is 42.5 Å². The third-order valence-corrected chi connectivity index (χ3v) is 8.56. The first-order chi connectivity index (χ1) is 18.3. The molecular weight excluding hydrogens is 518 g/mol. The van der Waals surface area contributed by atoms with Crippen molar-refractivity contribution in [2.45, 2.75) is 60.8 Å². The lowest BCUT2D eigenvalue weighted by Crippen LogP contribution is -2.39. The fourth-order valence-corrected chi connectivity index (χ4v) is 5.92. The van der Waals surface area contributed by atoms with Crippen LogP contribution < -0.4 is 18.9 Å². The largest absolute Gasteiger partial charge is 0.493 e. The summed E-state index contributed by atoms with van der Waals surface area (Å²) < 4.78 is 47.2. The molecule has 1 aliphatic carbocycles. The van der Waals surface area contributed by atoms with Gasteiger partial charge in [0.05, 0.1) is 18.6 Å². The molecule has 214 valence electrons. The monoisotopic (exact) mass is 559 g/mol. The summed E-state index contributed by atoms with van der Waals surface area (Å²) in [6.45, 7) is 12.8. The number of methoxy groups -OCH3 is 1. The van der Waals surface area contributed by atoms with Crippen LogP contribution in [-0.4, -0.2) is 43.8 Å². The average Bonchev–Trinajstić information content (AvgIpc) is 2.87. The highest BCUT2D eigenvalue weighted by Crippen LogP contribution is 2.51. The number of nitrogens with zero attached hydrogens (tertiary/aromatic N) is 2. The second kappa shape index (κ2) is 12.4. The van der Waals surface area contributed by atoms with Crippen molar-refractivity contribution in [3.63, 3.8) is 0 Å². The van der Waals surface area contributed by atoms with Crippen LogP contribution in [0.3, 0.4) is 0 Å². The molecule has 0 fully saturated rings. The summed E-state index contributed by atoms with van der Waals surface area (Å²) in [6.07, 6.45) is 7.21. The Bertz CT molecular complexity index is 1310. The molecule has 0 spiro atoms. The molecule has 0 saturated heterocycles. The van der Waals surface area contributed by atoms with Gasteiger partial charge in [-0.3, -0.25) is 4.72 Å². The van der Waals surface area contributed by atoms with Gasteiger partial charge in [0.15, 0.2) is 17.3 Å². The van der Waals surface area contributed by atoms with Crippen molar-refractivity contribution < 1.29 is 27.7 Å². The van der Waals surface area contributed by atoms with Crippen molar-refractivity contribution in [2.75, 3.05) is 25.0 Å². The molecule has 9 nitrogen and oxygen atoms in total. The van der Waals surface area contributed by atoms with E-state index in [1.165, 1.54) is 7.11 Å². The molecule has 2 N–H and O–H groups in total. The number of anilines is 1. The van der Waals surface area contributed by atoms with Gasteiger partial charge in [0.2, 0.25) is 5.75 Å². The summed E-state index contributed by atoms with van der Waals surface area (Å²) in [5.74, 6) is 1.47. The van der Waals surface area contributed by atoms with E-state index >= 15 is 0 Å². The lowest BCUT2D eigenvalue weighted by molar-refractivity contribution is 0.0875. The molecule has 1 aliphatic rings. The summed E-state index contributed by atoms with van der Waals surface area (Å²) in [6, 6.07) is 6.98. The fraction of sp³-hybridized carbons (Fsp3) is 0.517. The van der Waals surface area contributed by atoms with E-state index < -0.39 is 10.0 Å². The molecule has 0 saturated carbocycles. The van der Waals surface area contributed by atoms with Gasteiger partial charge in [-0.05, 0) is 61.1 Å². The van der Waals surface area contributed by atoms with Crippen molar-refractivity contribution in [1.82, 2.24) is 9.97 Å².